The fourth-order valence-electron chi connectivity index (χ4n) is 3.82. The Balaban J connectivity index is 1.86. The smallest absolute Gasteiger partial charge is 0.0130 e. The van der Waals surface area contributed by atoms with E-state index in [-0.39, 0.29) is 7.92 Å². The summed E-state index contributed by atoms with van der Waals surface area (Å²) < 4.78 is 0. The Hall–Kier alpha value is -1.91. The molecule has 4 rings (SSSR count). The van der Waals surface area contributed by atoms with Crippen molar-refractivity contribution < 1.29 is 0 Å². The molecule has 0 N–H and O–H groups in total. The van der Waals surface area contributed by atoms with Crippen LogP contribution in [0.15, 0.2) is 78.9 Å². The van der Waals surface area contributed by atoms with Gasteiger partial charge in [0.1, 0.15) is 0 Å². The number of fused-ring (bicyclic) bond motifs is 1. The van der Waals surface area contributed by atoms with Crippen LogP contribution in [-0.2, 0) is 6.42 Å². The second kappa shape index (κ2) is 6.30. The van der Waals surface area contributed by atoms with Gasteiger partial charge in [-0.2, -0.15) is 0 Å². The summed E-state index contributed by atoms with van der Waals surface area (Å²) in [6.45, 7) is 2.28. The summed E-state index contributed by atoms with van der Waals surface area (Å²) in [5, 5.41) is 2.99. The topological polar surface area (TPSA) is 0 Å². The minimum absolute atomic E-state index is 0.355. The molecule has 3 aromatic rings. The van der Waals surface area contributed by atoms with Gasteiger partial charge < -0.3 is 0 Å². The van der Waals surface area contributed by atoms with Crippen molar-refractivity contribution in [3.63, 3.8) is 0 Å². The molecule has 0 saturated heterocycles. The lowest BCUT2D eigenvalue weighted by molar-refractivity contribution is 0.882. The molecule has 1 unspecified atom stereocenters. The fourth-order valence-corrected chi connectivity index (χ4v) is 6.84. The first-order valence-electron chi connectivity index (χ1n) is 8.32. The molecule has 0 heterocycles. The van der Waals surface area contributed by atoms with E-state index in [9.17, 15) is 0 Å². The molecule has 1 aliphatic rings. The monoisotopic (exact) mass is 316 g/mol. The van der Waals surface area contributed by atoms with Gasteiger partial charge in [-0.1, -0.05) is 78.9 Å². The first-order valence-corrected chi connectivity index (χ1v) is 9.73. The average Bonchev–Trinajstić information content (AvgIpc) is 3.02. The van der Waals surface area contributed by atoms with Crippen LogP contribution in [0, 0.1) is 6.92 Å². The van der Waals surface area contributed by atoms with Gasteiger partial charge in [-0.15, -0.1) is 0 Å². The lowest BCUT2D eigenvalue weighted by atomic mass is 10.1. The summed E-state index contributed by atoms with van der Waals surface area (Å²) >= 11 is 0. The highest BCUT2D eigenvalue weighted by molar-refractivity contribution is 7.73. The van der Waals surface area contributed by atoms with E-state index >= 15 is 0 Å². The summed E-state index contributed by atoms with van der Waals surface area (Å²) in [6.07, 6.45) is 2.50. The van der Waals surface area contributed by atoms with Gasteiger partial charge >= 0.3 is 0 Å². The molecule has 3 aromatic carbocycles. The van der Waals surface area contributed by atoms with Crippen LogP contribution in [0.1, 0.15) is 28.8 Å². The zero-order valence-corrected chi connectivity index (χ0v) is 14.3. The van der Waals surface area contributed by atoms with Gasteiger partial charge in [-0.25, -0.2) is 0 Å². The Morgan fingerprint density at radius 3 is 1.96 bits per heavy atom. The highest BCUT2D eigenvalue weighted by Crippen LogP contribution is 2.56. The van der Waals surface area contributed by atoms with Crippen LogP contribution in [0.3, 0.4) is 0 Å². The molecule has 0 bridgehead atoms. The zero-order valence-electron chi connectivity index (χ0n) is 13.4. The molecular formula is C22H21P. The highest BCUT2D eigenvalue weighted by Gasteiger charge is 2.32. The lowest BCUT2D eigenvalue weighted by Gasteiger charge is -2.27. The van der Waals surface area contributed by atoms with Crippen LogP contribution in [0.2, 0.25) is 0 Å². The van der Waals surface area contributed by atoms with Gasteiger partial charge in [0.05, 0.1) is 0 Å². The van der Waals surface area contributed by atoms with Crippen molar-refractivity contribution in [3.8, 4) is 0 Å². The van der Waals surface area contributed by atoms with Crippen LogP contribution >= 0.6 is 7.92 Å². The third kappa shape index (κ3) is 2.73. The summed E-state index contributed by atoms with van der Waals surface area (Å²) in [6, 6.07) is 29.0. The minimum atomic E-state index is -0.355. The molecule has 114 valence electrons. The molecule has 1 atom stereocenters. The van der Waals surface area contributed by atoms with Crippen molar-refractivity contribution in [2.75, 3.05) is 0 Å². The largest absolute Gasteiger partial charge is 0.0622 e. The number of hydrogen-bond acceptors (Lipinski definition) is 0. The van der Waals surface area contributed by atoms with E-state index < -0.39 is 0 Å². The molecule has 0 fully saturated rings. The third-order valence-corrected chi connectivity index (χ3v) is 7.66. The van der Waals surface area contributed by atoms with Crippen molar-refractivity contribution in [1.82, 2.24) is 0 Å². The maximum absolute atomic E-state index is 2.33. The first-order chi connectivity index (χ1) is 11.3. The van der Waals surface area contributed by atoms with Crippen LogP contribution in [0.4, 0.5) is 0 Å². The Labute approximate surface area is 139 Å². The Kier molecular flexibility index (Phi) is 4.02. The number of benzene rings is 3. The van der Waals surface area contributed by atoms with Crippen molar-refractivity contribution in [3.05, 3.63) is 95.6 Å². The van der Waals surface area contributed by atoms with E-state index in [1.807, 2.05) is 0 Å². The van der Waals surface area contributed by atoms with Crippen molar-refractivity contribution in [2.45, 2.75) is 25.4 Å². The summed E-state index contributed by atoms with van der Waals surface area (Å²) in [4.78, 5) is 0. The van der Waals surface area contributed by atoms with Crippen molar-refractivity contribution >= 4 is 18.5 Å². The van der Waals surface area contributed by atoms with Crippen molar-refractivity contribution in [2.24, 2.45) is 0 Å². The van der Waals surface area contributed by atoms with E-state index in [1.54, 1.807) is 11.1 Å². The van der Waals surface area contributed by atoms with E-state index in [1.165, 1.54) is 29.0 Å². The predicted octanol–water partition coefficient (Wildman–Crippen LogP) is 5.12. The van der Waals surface area contributed by atoms with Crippen LogP contribution in [-0.4, -0.2) is 0 Å². The molecule has 0 spiro atoms. The van der Waals surface area contributed by atoms with Gasteiger partial charge in [0, 0.05) is 5.66 Å². The normalized spacial score (nSPS) is 16.5. The maximum atomic E-state index is 2.33. The third-order valence-electron chi connectivity index (χ3n) is 4.82. The molecule has 0 aliphatic heterocycles. The van der Waals surface area contributed by atoms with Crippen LogP contribution in [0.25, 0.3) is 0 Å². The van der Waals surface area contributed by atoms with Gasteiger partial charge in [0.25, 0.3) is 0 Å². The molecule has 0 aromatic heterocycles. The molecule has 1 heteroatoms. The SMILES string of the molecule is Cc1cccc2c1C(P(c1ccccc1)c1ccccc1)CC2. The fraction of sp³-hybridized carbons (Fsp3) is 0.182. The van der Waals surface area contributed by atoms with Gasteiger partial charge in [0.15, 0.2) is 0 Å². The van der Waals surface area contributed by atoms with Crippen LogP contribution in [0.5, 0.6) is 0 Å². The molecular weight excluding hydrogens is 295 g/mol. The molecule has 23 heavy (non-hydrogen) atoms. The number of rotatable bonds is 3. The Morgan fingerprint density at radius 1 is 0.739 bits per heavy atom. The summed E-state index contributed by atoms with van der Waals surface area (Å²) in [7, 11) is -0.355. The molecule has 0 radical (unpaired) electrons. The Bertz CT molecular complexity index is 753. The van der Waals surface area contributed by atoms with E-state index in [2.05, 4.69) is 85.8 Å². The number of hydrogen-bond donors (Lipinski definition) is 0. The molecule has 1 aliphatic carbocycles. The van der Waals surface area contributed by atoms with Gasteiger partial charge in [-0.05, 0) is 55.0 Å². The zero-order chi connectivity index (χ0) is 15.6. The Morgan fingerprint density at radius 2 is 1.35 bits per heavy atom. The lowest BCUT2D eigenvalue weighted by Crippen LogP contribution is -2.16. The molecule has 0 saturated carbocycles. The second-order valence-electron chi connectivity index (χ2n) is 6.24. The summed E-state index contributed by atoms with van der Waals surface area (Å²) in [5.41, 5.74) is 5.29. The molecule has 0 amide bonds. The quantitative estimate of drug-likeness (QED) is 0.589. The first kappa shape index (κ1) is 14.7. The van der Waals surface area contributed by atoms with Crippen molar-refractivity contribution in [1.29, 1.82) is 0 Å². The average molecular weight is 316 g/mol. The number of aryl methyl sites for hydroxylation is 2. The summed E-state index contributed by atoms with van der Waals surface area (Å²) in [5.74, 6) is 0. The second-order valence-corrected chi connectivity index (χ2v) is 8.64. The highest BCUT2D eigenvalue weighted by atomic mass is 31.1. The minimum Gasteiger partial charge on any atom is -0.0622 e. The van der Waals surface area contributed by atoms with E-state index in [4.69, 9.17) is 0 Å². The van der Waals surface area contributed by atoms with Gasteiger partial charge in [-0.3, -0.25) is 0 Å². The van der Waals surface area contributed by atoms with Crippen LogP contribution < -0.4 is 10.6 Å². The predicted molar refractivity (Wildman–Crippen MR) is 101 cm³/mol. The molecule has 0 nitrogen and oxygen atoms in total. The van der Waals surface area contributed by atoms with E-state index in [0.717, 1.165) is 0 Å². The van der Waals surface area contributed by atoms with E-state index in [0.29, 0.717) is 5.66 Å². The maximum Gasteiger partial charge on any atom is 0.0130 e. The van der Waals surface area contributed by atoms with Gasteiger partial charge in [0.2, 0.25) is 0 Å². The standard InChI is InChI=1S/C22H21P/c1-17-9-8-10-18-15-16-21(22(17)18)23(19-11-4-2-5-12-19)20-13-6-3-7-14-20/h2-14,21H,15-16H2,1H3.